The van der Waals surface area contributed by atoms with Crippen molar-refractivity contribution in [2.45, 2.75) is 31.5 Å². The van der Waals surface area contributed by atoms with Gasteiger partial charge >= 0.3 is 6.18 Å². The zero-order valence-electron chi connectivity index (χ0n) is 17.8. The quantitative estimate of drug-likeness (QED) is 0.234. The van der Waals surface area contributed by atoms with Gasteiger partial charge in [-0.1, -0.05) is 0 Å². The van der Waals surface area contributed by atoms with E-state index in [4.69, 9.17) is 14.2 Å². The number of hydrogen-bond acceptors (Lipinski definition) is 7. The minimum absolute atomic E-state index is 0.0255. The van der Waals surface area contributed by atoms with Crippen LogP contribution in [0.1, 0.15) is 35.2 Å². The molecule has 1 aliphatic rings. The van der Waals surface area contributed by atoms with Crippen molar-refractivity contribution in [2.75, 3.05) is 26.4 Å². The molecule has 13 heteroatoms. The third-order valence-corrected chi connectivity index (χ3v) is 4.81. The fourth-order valence-corrected chi connectivity index (χ4v) is 3.09. The molecule has 0 aliphatic carbocycles. The molecule has 0 saturated carbocycles. The summed E-state index contributed by atoms with van der Waals surface area (Å²) in [4.78, 5) is 26.0. The van der Waals surface area contributed by atoms with Gasteiger partial charge in [-0.3, -0.25) is 14.9 Å². The highest BCUT2D eigenvalue weighted by molar-refractivity contribution is 5.95. The number of non-ortho nitro benzene ring substituents is 1. The Morgan fingerprint density at radius 1 is 1.24 bits per heavy atom. The van der Waals surface area contributed by atoms with E-state index in [2.05, 4.69) is 10.3 Å². The van der Waals surface area contributed by atoms with Crippen molar-refractivity contribution in [3.05, 3.63) is 57.4 Å². The molecule has 1 aromatic heterocycles. The van der Waals surface area contributed by atoms with Crippen molar-refractivity contribution in [1.82, 2.24) is 10.3 Å². The first-order valence-electron chi connectivity index (χ1n) is 10.3. The highest BCUT2D eigenvalue weighted by atomic mass is 19.4. The van der Waals surface area contributed by atoms with E-state index in [9.17, 15) is 32.5 Å². The van der Waals surface area contributed by atoms with E-state index in [0.29, 0.717) is 6.61 Å². The zero-order valence-corrected chi connectivity index (χ0v) is 17.8. The number of amides is 1. The van der Waals surface area contributed by atoms with Crippen molar-refractivity contribution in [3.63, 3.8) is 0 Å². The maximum atomic E-state index is 13.8. The van der Waals surface area contributed by atoms with E-state index in [1.54, 1.807) is 0 Å². The number of ether oxygens (including phenoxy) is 3. The molecule has 1 aliphatic heterocycles. The average Bonchev–Trinajstić information content (AvgIpc) is 3.30. The first-order valence-corrected chi connectivity index (χ1v) is 10.3. The number of alkyl halides is 3. The zero-order chi connectivity index (χ0) is 24.7. The number of nitro groups is 1. The molecular weight excluding hydrogens is 466 g/mol. The molecule has 0 bridgehead atoms. The van der Waals surface area contributed by atoms with Gasteiger partial charge in [0.2, 0.25) is 11.8 Å². The number of nitro benzene ring substituents is 1. The van der Waals surface area contributed by atoms with Gasteiger partial charge in [-0.05, 0) is 25.3 Å². The molecule has 1 saturated heterocycles. The van der Waals surface area contributed by atoms with E-state index in [1.807, 2.05) is 0 Å². The van der Waals surface area contributed by atoms with Crippen LogP contribution in [-0.2, 0) is 10.9 Å². The largest absolute Gasteiger partial charge is 0.477 e. The molecule has 1 N–H and O–H groups in total. The van der Waals surface area contributed by atoms with Crippen LogP contribution in [0.2, 0.25) is 0 Å². The van der Waals surface area contributed by atoms with Crippen LogP contribution in [0.3, 0.4) is 0 Å². The molecule has 1 fully saturated rings. The third-order valence-electron chi connectivity index (χ3n) is 4.81. The van der Waals surface area contributed by atoms with Gasteiger partial charge in [-0.2, -0.15) is 18.2 Å². The molecule has 184 valence electrons. The number of aromatic nitrogens is 1. The van der Waals surface area contributed by atoms with E-state index in [-0.39, 0.29) is 44.0 Å². The lowest BCUT2D eigenvalue weighted by atomic mass is 10.1. The average molecular weight is 487 g/mol. The van der Waals surface area contributed by atoms with Crippen LogP contribution in [0.15, 0.2) is 30.3 Å². The summed E-state index contributed by atoms with van der Waals surface area (Å²) < 4.78 is 69.4. The summed E-state index contributed by atoms with van der Waals surface area (Å²) in [5.74, 6) is -2.37. The maximum absolute atomic E-state index is 13.8. The molecule has 2 aromatic rings. The molecule has 2 heterocycles. The van der Waals surface area contributed by atoms with Gasteiger partial charge in [-0.25, -0.2) is 4.39 Å². The fraction of sp³-hybridized carbons (Fsp3) is 0.429. The number of halogens is 4. The second-order valence-corrected chi connectivity index (χ2v) is 7.36. The molecule has 1 unspecified atom stereocenters. The Morgan fingerprint density at radius 2 is 1.97 bits per heavy atom. The number of nitrogens with zero attached hydrogens (tertiary/aromatic N) is 2. The molecule has 0 radical (unpaired) electrons. The Balaban J connectivity index is 1.53. The summed E-state index contributed by atoms with van der Waals surface area (Å²) in [6, 6.07) is 4.06. The predicted molar refractivity (Wildman–Crippen MR) is 109 cm³/mol. The molecule has 3 rings (SSSR count). The molecule has 0 spiro atoms. The lowest BCUT2D eigenvalue weighted by Gasteiger charge is -2.15. The van der Waals surface area contributed by atoms with Crippen LogP contribution in [0.4, 0.5) is 23.2 Å². The van der Waals surface area contributed by atoms with Gasteiger partial charge in [0.15, 0.2) is 0 Å². The summed E-state index contributed by atoms with van der Waals surface area (Å²) in [5, 5.41) is 13.2. The van der Waals surface area contributed by atoms with Crippen LogP contribution in [0.25, 0.3) is 0 Å². The topological polar surface area (TPSA) is 113 Å². The Kier molecular flexibility index (Phi) is 8.21. The van der Waals surface area contributed by atoms with Gasteiger partial charge in [0.05, 0.1) is 28.8 Å². The van der Waals surface area contributed by atoms with Crippen LogP contribution in [0.5, 0.6) is 11.8 Å². The van der Waals surface area contributed by atoms with Gasteiger partial charge in [0.1, 0.15) is 12.4 Å². The minimum atomic E-state index is -4.64. The summed E-state index contributed by atoms with van der Waals surface area (Å²) in [6.45, 7) is 0.496. The van der Waals surface area contributed by atoms with Gasteiger partial charge in [0.25, 0.3) is 11.6 Å². The first kappa shape index (κ1) is 25.1. The molecule has 9 nitrogen and oxygen atoms in total. The Morgan fingerprint density at radius 3 is 2.62 bits per heavy atom. The second-order valence-electron chi connectivity index (χ2n) is 7.36. The Bertz CT molecular complexity index is 1030. The number of carbonyl (C=O) groups is 1. The lowest BCUT2D eigenvalue weighted by Crippen LogP contribution is -2.26. The van der Waals surface area contributed by atoms with Gasteiger partial charge < -0.3 is 19.5 Å². The van der Waals surface area contributed by atoms with Gasteiger partial charge in [0, 0.05) is 37.4 Å². The number of nitrogens with one attached hydrogen (secondary N) is 1. The molecule has 1 aromatic carbocycles. The number of benzene rings is 1. The standard InChI is InChI=1S/C21H21F4N3O6/c22-17-5-4-14(28(30)31)11-16(17)20(29)26-6-2-8-33-18-9-13(21(23,24)25)10-19(27-18)34-12-15-3-1-7-32-15/h4-5,9-11,15H,1-3,6-8,12H2,(H,26,29). The molecule has 1 amide bonds. The number of rotatable bonds is 10. The Hall–Kier alpha value is -3.48. The summed E-state index contributed by atoms with van der Waals surface area (Å²) >= 11 is 0. The second kappa shape index (κ2) is 11.1. The predicted octanol–water partition coefficient (Wildman–Crippen LogP) is 3.90. The highest BCUT2D eigenvalue weighted by Crippen LogP contribution is 2.33. The summed E-state index contributed by atoms with van der Waals surface area (Å²) in [7, 11) is 0. The maximum Gasteiger partial charge on any atom is 0.416 e. The van der Waals surface area contributed by atoms with Gasteiger partial charge in [-0.15, -0.1) is 0 Å². The van der Waals surface area contributed by atoms with Crippen LogP contribution >= 0.6 is 0 Å². The van der Waals surface area contributed by atoms with Crippen molar-refractivity contribution < 1.29 is 41.5 Å². The van der Waals surface area contributed by atoms with E-state index < -0.39 is 39.6 Å². The minimum Gasteiger partial charge on any atom is -0.477 e. The van der Waals surface area contributed by atoms with E-state index in [1.165, 1.54) is 0 Å². The SMILES string of the molecule is O=C(NCCCOc1cc(C(F)(F)F)cc(OCC2CCCO2)n1)c1cc([N+](=O)[O-])ccc1F. The Labute approximate surface area is 191 Å². The fourth-order valence-electron chi connectivity index (χ4n) is 3.09. The molecular formula is C21H21F4N3O6. The van der Waals surface area contributed by atoms with E-state index >= 15 is 0 Å². The third kappa shape index (κ3) is 7.01. The number of hydrogen-bond donors (Lipinski definition) is 1. The molecule has 34 heavy (non-hydrogen) atoms. The van der Waals surface area contributed by atoms with Crippen molar-refractivity contribution >= 4 is 11.6 Å². The van der Waals surface area contributed by atoms with Crippen molar-refractivity contribution in [2.24, 2.45) is 0 Å². The highest BCUT2D eigenvalue weighted by Gasteiger charge is 2.32. The van der Waals surface area contributed by atoms with Crippen LogP contribution < -0.4 is 14.8 Å². The van der Waals surface area contributed by atoms with Crippen LogP contribution in [0, 0.1) is 15.9 Å². The number of carbonyl (C=O) groups excluding carboxylic acids is 1. The van der Waals surface area contributed by atoms with Crippen LogP contribution in [-0.4, -0.2) is 48.3 Å². The molecule has 1 atom stereocenters. The van der Waals surface area contributed by atoms with E-state index in [0.717, 1.165) is 43.2 Å². The van der Waals surface area contributed by atoms with Crippen molar-refractivity contribution in [1.29, 1.82) is 0 Å². The summed E-state index contributed by atoms with van der Waals surface area (Å²) in [5.41, 5.74) is -1.93. The smallest absolute Gasteiger partial charge is 0.416 e. The summed E-state index contributed by atoms with van der Waals surface area (Å²) in [6.07, 6.45) is -3.11. The first-order chi connectivity index (χ1) is 16.1. The normalized spacial score (nSPS) is 15.7. The lowest BCUT2D eigenvalue weighted by molar-refractivity contribution is -0.384. The monoisotopic (exact) mass is 487 g/mol. The number of pyridine rings is 1. The van der Waals surface area contributed by atoms with Crippen molar-refractivity contribution in [3.8, 4) is 11.8 Å².